The number of benzene rings is 5. The van der Waals surface area contributed by atoms with Crippen LogP contribution >= 0.6 is 0 Å². The minimum Gasteiger partial charge on any atom is -0.368 e. The number of aryl methyl sites for hydroxylation is 5. The predicted molar refractivity (Wildman–Crippen MR) is 219 cm³/mol. The van der Waals surface area contributed by atoms with E-state index in [0.29, 0.717) is 0 Å². The summed E-state index contributed by atoms with van der Waals surface area (Å²) in [5, 5.41) is 3.24. The third kappa shape index (κ3) is 11.6. The van der Waals surface area contributed by atoms with E-state index >= 15 is 0 Å². The summed E-state index contributed by atoms with van der Waals surface area (Å²) in [7, 11) is 0. The van der Waals surface area contributed by atoms with Gasteiger partial charge in [0.05, 0.1) is 6.54 Å². The lowest BCUT2D eigenvalue weighted by molar-refractivity contribution is 0.112. The first kappa shape index (κ1) is 37.9. The van der Waals surface area contributed by atoms with Gasteiger partial charge in [-0.1, -0.05) is 144 Å². The number of carbonyl (C=O) groups is 1. The molecule has 0 radical (unpaired) electrons. The second-order valence-electron chi connectivity index (χ2n) is 13.0. The number of nitrogens with one attached hydrogen (secondary N) is 2. The molecular formula is C46H48N6O. The first-order chi connectivity index (χ1) is 25.8. The molecule has 0 fully saturated rings. The smallest absolute Gasteiger partial charge is 0.150 e. The molecule has 53 heavy (non-hydrogen) atoms. The predicted octanol–water partition coefficient (Wildman–Crippen LogP) is 9.75. The Labute approximate surface area is 313 Å². The maximum atomic E-state index is 10.1. The standard InChI is InChI=1S/C18H18N2.C10H12N2.C10H10N2.C8H8O/c1-14-7-9-16(10-8-14)18-19-11-12-20(18)13-17-6-4-3-5-15(17)2;2*1-8-2-4-9(5-3-8)10-11-6-7-12-10;1-7-2-4-8(6-9)5-3-7/h3-12H,13H2,1-2H3;2-5H,6-7H2,1H3,(H,11,12);2-7H,1H3,(H,11,12);2-6H,1H3. The van der Waals surface area contributed by atoms with Crippen LogP contribution in [-0.4, -0.2) is 44.7 Å². The molecule has 8 rings (SSSR count). The van der Waals surface area contributed by atoms with Crippen molar-refractivity contribution >= 4 is 12.1 Å². The molecule has 1 aliphatic rings. The van der Waals surface area contributed by atoms with Gasteiger partial charge in [0, 0.05) is 60.1 Å². The fourth-order valence-electron chi connectivity index (χ4n) is 5.45. The molecule has 2 N–H and O–H groups in total. The van der Waals surface area contributed by atoms with Crippen molar-refractivity contribution in [1.29, 1.82) is 0 Å². The van der Waals surface area contributed by atoms with Gasteiger partial charge in [0.15, 0.2) is 0 Å². The molecule has 0 saturated heterocycles. The third-order valence-electron chi connectivity index (χ3n) is 8.66. The number of hydrogen-bond acceptors (Lipinski definition) is 5. The number of aldehydes is 1. The zero-order valence-corrected chi connectivity index (χ0v) is 31.3. The quantitative estimate of drug-likeness (QED) is 0.169. The topological polar surface area (TPSA) is 88.0 Å². The number of aromatic nitrogens is 4. The van der Waals surface area contributed by atoms with Crippen LogP contribution in [0.2, 0.25) is 0 Å². The van der Waals surface area contributed by atoms with Crippen molar-refractivity contribution in [2.45, 2.75) is 41.2 Å². The van der Waals surface area contributed by atoms with Crippen LogP contribution in [0.15, 0.2) is 151 Å². The van der Waals surface area contributed by atoms with Crippen LogP contribution in [0.5, 0.6) is 0 Å². The molecule has 268 valence electrons. The number of nitrogens with zero attached hydrogens (tertiary/aromatic N) is 4. The van der Waals surface area contributed by atoms with Gasteiger partial charge in [0.2, 0.25) is 0 Å². The fourth-order valence-corrected chi connectivity index (χ4v) is 5.45. The Balaban J connectivity index is 0.000000143. The van der Waals surface area contributed by atoms with Gasteiger partial charge in [-0.05, 0) is 45.7 Å². The Bertz CT molecular complexity index is 2160. The van der Waals surface area contributed by atoms with Gasteiger partial charge in [-0.15, -0.1) is 0 Å². The van der Waals surface area contributed by atoms with Crippen molar-refractivity contribution in [3.05, 3.63) is 191 Å². The summed E-state index contributed by atoms with van der Waals surface area (Å²) >= 11 is 0. The summed E-state index contributed by atoms with van der Waals surface area (Å²) in [5.41, 5.74) is 11.9. The highest BCUT2D eigenvalue weighted by Gasteiger charge is 2.08. The Morgan fingerprint density at radius 2 is 1.21 bits per heavy atom. The summed E-state index contributed by atoms with van der Waals surface area (Å²) in [6.07, 6.45) is 8.35. The molecule has 7 aromatic rings. The van der Waals surface area contributed by atoms with E-state index < -0.39 is 0 Å². The van der Waals surface area contributed by atoms with Gasteiger partial charge < -0.3 is 14.9 Å². The van der Waals surface area contributed by atoms with Gasteiger partial charge in [-0.25, -0.2) is 9.97 Å². The van der Waals surface area contributed by atoms with Crippen LogP contribution in [0.25, 0.3) is 22.8 Å². The van der Waals surface area contributed by atoms with E-state index in [9.17, 15) is 4.79 Å². The van der Waals surface area contributed by atoms with Crippen LogP contribution in [-0.2, 0) is 6.54 Å². The van der Waals surface area contributed by atoms with Crippen LogP contribution in [0, 0.1) is 34.6 Å². The van der Waals surface area contributed by atoms with Gasteiger partial charge in [-0.3, -0.25) is 9.79 Å². The molecule has 2 aromatic heterocycles. The van der Waals surface area contributed by atoms with Crippen LogP contribution in [0.1, 0.15) is 49.3 Å². The average molecular weight is 701 g/mol. The summed E-state index contributed by atoms with van der Waals surface area (Å²) < 4.78 is 2.20. The number of hydrogen-bond donors (Lipinski definition) is 2. The normalized spacial score (nSPS) is 11.4. The second-order valence-corrected chi connectivity index (χ2v) is 13.0. The molecule has 0 spiro atoms. The molecule has 0 atom stereocenters. The van der Waals surface area contributed by atoms with Gasteiger partial charge in [0.25, 0.3) is 0 Å². The first-order valence-electron chi connectivity index (χ1n) is 17.9. The Morgan fingerprint density at radius 1 is 0.642 bits per heavy atom. The van der Waals surface area contributed by atoms with E-state index in [4.69, 9.17) is 0 Å². The monoisotopic (exact) mass is 700 g/mol. The van der Waals surface area contributed by atoms with Crippen molar-refractivity contribution in [3.8, 4) is 22.8 Å². The highest BCUT2D eigenvalue weighted by Crippen LogP contribution is 2.20. The SMILES string of the molecule is Cc1ccc(-c2ncc[nH]2)cc1.Cc1ccc(-c2nccn2Cc2ccccc2C)cc1.Cc1ccc(C2=NCCN2)cc1.Cc1ccc(C=O)cc1. The largest absolute Gasteiger partial charge is 0.368 e. The maximum absolute atomic E-state index is 10.1. The Kier molecular flexibility index (Phi) is 13.8. The van der Waals surface area contributed by atoms with Crippen molar-refractivity contribution in [2.75, 3.05) is 13.1 Å². The maximum Gasteiger partial charge on any atom is 0.150 e. The van der Waals surface area contributed by atoms with Crippen molar-refractivity contribution in [1.82, 2.24) is 24.8 Å². The molecule has 7 nitrogen and oxygen atoms in total. The van der Waals surface area contributed by atoms with Crippen LogP contribution < -0.4 is 5.32 Å². The third-order valence-corrected chi connectivity index (χ3v) is 8.66. The molecule has 1 aliphatic heterocycles. The summed E-state index contributed by atoms with van der Waals surface area (Å²) in [4.78, 5) is 26.2. The molecule has 0 unspecified atom stereocenters. The number of H-pyrrole nitrogens is 1. The van der Waals surface area contributed by atoms with Crippen molar-refractivity contribution in [2.24, 2.45) is 4.99 Å². The van der Waals surface area contributed by atoms with E-state index in [-0.39, 0.29) is 0 Å². The molecule has 0 bridgehead atoms. The van der Waals surface area contributed by atoms with Crippen LogP contribution in [0.3, 0.4) is 0 Å². The van der Waals surface area contributed by atoms with Gasteiger partial charge >= 0.3 is 0 Å². The molecular weight excluding hydrogens is 653 g/mol. The van der Waals surface area contributed by atoms with Crippen LogP contribution in [0.4, 0.5) is 0 Å². The number of carbonyl (C=O) groups excluding carboxylic acids is 1. The average Bonchev–Trinajstić information content (AvgIpc) is 4.00. The second kappa shape index (κ2) is 19.3. The molecule has 5 aromatic carbocycles. The highest BCUT2D eigenvalue weighted by molar-refractivity contribution is 5.99. The fraction of sp³-hybridized carbons (Fsp3) is 0.174. The van der Waals surface area contributed by atoms with Crippen molar-refractivity contribution < 1.29 is 4.79 Å². The summed E-state index contributed by atoms with van der Waals surface area (Å²) in [6.45, 7) is 13.2. The number of aliphatic imine (C=N–C) groups is 1. The van der Waals surface area contributed by atoms with E-state index in [1.54, 1.807) is 6.20 Å². The number of aromatic amines is 1. The number of rotatable bonds is 6. The summed E-state index contributed by atoms with van der Waals surface area (Å²) in [5.74, 6) is 2.98. The van der Waals surface area contributed by atoms with Gasteiger partial charge in [-0.2, -0.15) is 0 Å². The minimum atomic E-state index is 0.737. The lowest BCUT2D eigenvalue weighted by atomic mass is 10.1. The minimum absolute atomic E-state index is 0.737. The van der Waals surface area contributed by atoms with E-state index in [2.05, 4.69) is 155 Å². The summed E-state index contributed by atoms with van der Waals surface area (Å²) in [6, 6.07) is 41.2. The lowest BCUT2D eigenvalue weighted by Gasteiger charge is -2.10. The lowest BCUT2D eigenvalue weighted by Crippen LogP contribution is -2.19. The number of amidine groups is 1. The van der Waals surface area contributed by atoms with Crippen molar-refractivity contribution in [3.63, 3.8) is 0 Å². The first-order valence-corrected chi connectivity index (χ1v) is 17.9. The molecule has 0 saturated carbocycles. The van der Waals surface area contributed by atoms with Gasteiger partial charge in [0.1, 0.15) is 23.8 Å². The highest BCUT2D eigenvalue weighted by atomic mass is 16.1. The van der Waals surface area contributed by atoms with E-state index in [1.165, 1.54) is 38.9 Å². The Hall–Kier alpha value is -6.34. The van der Waals surface area contributed by atoms with E-state index in [1.807, 2.05) is 49.8 Å². The molecule has 0 amide bonds. The number of imidazole rings is 2. The zero-order valence-electron chi connectivity index (χ0n) is 31.3. The molecule has 3 heterocycles. The van der Waals surface area contributed by atoms with E-state index in [0.717, 1.165) is 60.1 Å². The molecule has 7 heteroatoms. The Morgan fingerprint density at radius 3 is 1.74 bits per heavy atom. The zero-order chi connectivity index (χ0) is 37.4. The molecule has 0 aliphatic carbocycles.